The molecular formula is C24H25FN4OS. The highest BCUT2D eigenvalue weighted by Gasteiger charge is 2.21. The first-order valence-corrected chi connectivity index (χ1v) is 11.4. The molecule has 7 heteroatoms. The summed E-state index contributed by atoms with van der Waals surface area (Å²) in [5.74, 6) is 0.536. The number of nitrogens with zero attached hydrogens (tertiary/aromatic N) is 4. The zero-order valence-electron chi connectivity index (χ0n) is 17.5. The maximum Gasteiger partial charge on any atom is 0.253 e. The zero-order valence-corrected chi connectivity index (χ0v) is 18.3. The van der Waals surface area contributed by atoms with Crippen LogP contribution in [0.2, 0.25) is 0 Å². The molecule has 2 heterocycles. The molecule has 1 aliphatic heterocycles. The molecule has 0 saturated carbocycles. The molecule has 0 radical (unpaired) electrons. The number of piperazine rings is 1. The molecule has 0 aliphatic carbocycles. The third-order valence-corrected chi connectivity index (χ3v) is 6.44. The lowest BCUT2D eigenvalue weighted by atomic mass is 10.1. The molecule has 0 atom stereocenters. The van der Waals surface area contributed by atoms with E-state index < -0.39 is 0 Å². The van der Waals surface area contributed by atoms with Crippen LogP contribution in [0.3, 0.4) is 0 Å². The Bertz CT molecular complexity index is 1020. The first kappa shape index (κ1) is 21.5. The predicted octanol–water partition coefficient (Wildman–Crippen LogP) is 4.35. The van der Waals surface area contributed by atoms with E-state index in [0.717, 1.165) is 54.4 Å². The molecule has 1 aromatic heterocycles. The van der Waals surface area contributed by atoms with Gasteiger partial charge in [-0.05, 0) is 60.6 Å². The Morgan fingerprint density at radius 2 is 1.77 bits per heavy atom. The summed E-state index contributed by atoms with van der Waals surface area (Å²) in [5.41, 5.74) is 3.35. The van der Waals surface area contributed by atoms with Gasteiger partial charge in [0, 0.05) is 43.1 Å². The van der Waals surface area contributed by atoms with Crippen molar-refractivity contribution in [3.05, 3.63) is 77.6 Å². The highest BCUT2D eigenvalue weighted by atomic mass is 32.2. The Hall–Kier alpha value is -2.77. The molecule has 0 spiro atoms. The standard InChI is InChI=1S/C24H25FN4OS/c1-2-28-12-14-29(15-13-28)24(30)20-5-3-4-18(16-20)17-31-23-11-10-22(26-27-23)19-6-8-21(25)9-7-19/h3-11,16H,2,12-15,17H2,1H3. The van der Waals surface area contributed by atoms with Crippen LogP contribution >= 0.6 is 11.8 Å². The van der Waals surface area contributed by atoms with Gasteiger partial charge in [0.25, 0.3) is 5.91 Å². The zero-order chi connectivity index (χ0) is 21.6. The van der Waals surface area contributed by atoms with Crippen LogP contribution in [0.15, 0.2) is 65.7 Å². The second-order valence-electron chi connectivity index (χ2n) is 7.48. The topological polar surface area (TPSA) is 49.3 Å². The van der Waals surface area contributed by atoms with Crippen LogP contribution < -0.4 is 0 Å². The summed E-state index contributed by atoms with van der Waals surface area (Å²) in [5, 5.41) is 9.33. The summed E-state index contributed by atoms with van der Waals surface area (Å²) in [6.07, 6.45) is 0. The van der Waals surface area contributed by atoms with Crippen molar-refractivity contribution in [2.24, 2.45) is 0 Å². The van der Waals surface area contributed by atoms with Gasteiger partial charge in [0.1, 0.15) is 10.8 Å². The van der Waals surface area contributed by atoms with Crippen LogP contribution in [0.1, 0.15) is 22.8 Å². The molecule has 160 valence electrons. The number of hydrogen-bond acceptors (Lipinski definition) is 5. The van der Waals surface area contributed by atoms with Gasteiger partial charge in [-0.1, -0.05) is 30.8 Å². The first-order valence-electron chi connectivity index (χ1n) is 10.5. The normalized spacial score (nSPS) is 14.6. The minimum atomic E-state index is -0.271. The van der Waals surface area contributed by atoms with Crippen molar-refractivity contribution < 1.29 is 9.18 Å². The third-order valence-electron chi connectivity index (χ3n) is 5.45. The lowest BCUT2D eigenvalue weighted by molar-refractivity contribution is 0.0643. The van der Waals surface area contributed by atoms with Crippen LogP contribution in [0.25, 0.3) is 11.3 Å². The SMILES string of the molecule is CCN1CCN(C(=O)c2cccc(CSc3ccc(-c4ccc(F)cc4)nn3)c2)CC1. The second kappa shape index (κ2) is 10.0. The smallest absolute Gasteiger partial charge is 0.253 e. The van der Waals surface area contributed by atoms with E-state index in [2.05, 4.69) is 22.0 Å². The molecule has 0 bridgehead atoms. The van der Waals surface area contributed by atoms with Crippen molar-refractivity contribution in [1.82, 2.24) is 20.0 Å². The Labute approximate surface area is 186 Å². The number of carbonyl (C=O) groups is 1. The van der Waals surface area contributed by atoms with Crippen molar-refractivity contribution in [2.75, 3.05) is 32.7 Å². The first-order chi connectivity index (χ1) is 15.1. The Morgan fingerprint density at radius 1 is 1.00 bits per heavy atom. The van der Waals surface area contributed by atoms with Gasteiger partial charge in [-0.25, -0.2) is 4.39 Å². The van der Waals surface area contributed by atoms with E-state index in [0.29, 0.717) is 11.4 Å². The van der Waals surface area contributed by atoms with Gasteiger partial charge in [-0.2, -0.15) is 0 Å². The van der Waals surface area contributed by atoms with Crippen molar-refractivity contribution in [3.63, 3.8) is 0 Å². The van der Waals surface area contributed by atoms with E-state index in [-0.39, 0.29) is 11.7 Å². The lowest BCUT2D eigenvalue weighted by Gasteiger charge is -2.34. The number of benzene rings is 2. The Balaban J connectivity index is 1.36. The summed E-state index contributed by atoms with van der Waals surface area (Å²) < 4.78 is 13.1. The number of amides is 1. The maximum atomic E-state index is 13.1. The average molecular weight is 437 g/mol. The summed E-state index contributed by atoms with van der Waals surface area (Å²) in [6.45, 7) is 6.61. The number of likely N-dealkylation sites (N-methyl/N-ethyl adjacent to an activating group) is 1. The van der Waals surface area contributed by atoms with Crippen LogP contribution in [-0.2, 0) is 5.75 Å². The number of rotatable bonds is 6. The minimum Gasteiger partial charge on any atom is -0.336 e. The minimum absolute atomic E-state index is 0.103. The summed E-state index contributed by atoms with van der Waals surface area (Å²) >= 11 is 1.57. The van der Waals surface area contributed by atoms with Crippen molar-refractivity contribution in [2.45, 2.75) is 17.7 Å². The molecule has 1 fully saturated rings. The Morgan fingerprint density at radius 3 is 2.45 bits per heavy atom. The van der Waals surface area contributed by atoms with Crippen molar-refractivity contribution >= 4 is 17.7 Å². The lowest BCUT2D eigenvalue weighted by Crippen LogP contribution is -2.48. The number of aromatic nitrogens is 2. The molecule has 1 saturated heterocycles. The van der Waals surface area contributed by atoms with E-state index in [4.69, 9.17) is 0 Å². The van der Waals surface area contributed by atoms with Gasteiger partial charge in [0.15, 0.2) is 0 Å². The van der Waals surface area contributed by atoms with E-state index in [1.54, 1.807) is 23.9 Å². The number of thioether (sulfide) groups is 1. The van der Waals surface area contributed by atoms with Gasteiger partial charge in [0.2, 0.25) is 0 Å². The fourth-order valence-electron chi connectivity index (χ4n) is 3.57. The predicted molar refractivity (Wildman–Crippen MR) is 121 cm³/mol. The molecule has 4 rings (SSSR count). The van der Waals surface area contributed by atoms with Gasteiger partial charge < -0.3 is 9.80 Å². The highest BCUT2D eigenvalue weighted by molar-refractivity contribution is 7.98. The van der Waals surface area contributed by atoms with Crippen molar-refractivity contribution in [3.8, 4) is 11.3 Å². The van der Waals surface area contributed by atoms with Crippen molar-refractivity contribution in [1.29, 1.82) is 0 Å². The molecule has 3 aromatic rings. The van der Waals surface area contributed by atoms with E-state index in [1.165, 1.54) is 12.1 Å². The number of hydrogen-bond donors (Lipinski definition) is 0. The third kappa shape index (κ3) is 5.48. The summed E-state index contributed by atoms with van der Waals surface area (Å²) in [6, 6.07) is 17.8. The second-order valence-corrected chi connectivity index (χ2v) is 8.47. The number of halogens is 1. The van der Waals surface area contributed by atoms with Crippen LogP contribution in [0.4, 0.5) is 4.39 Å². The maximum absolute atomic E-state index is 13.1. The quantitative estimate of drug-likeness (QED) is 0.538. The molecule has 1 aliphatic rings. The molecule has 1 amide bonds. The van der Waals surface area contributed by atoms with E-state index in [1.807, 2.05) is 41.3 Å². The summed E-state index contributed by atoms with van der Waals surface area (Å²) in [7, 11) is 0. The van der Waals surface area contributed by atoms with Gasteiger partial charge >= 0.3 is 0 Å². The molecular weight excluding hydrogens is 411 g/mol. The van der Waals surface area contributed by atoms with Gasteiger partial charge in [-0.3, -0.25) is 4.79 Å². The van der Waals surface area contributed by atoms with E-state index >= 15 is 0 Å². The fourth-order valence-corrected chi connectivity index (χ4v) is 4.33. The van der Waals surface area contributed by atoms with E-state index in [9.17, 15) is 9.18 Å². The molecule has 2 aromatic carbocycles. The van der Waals surface area contributed by atoms with Crippen LogP contribution in [0, 0.1) is 5.82 Å². The molecule has 5 nitrogen and oxygen atoms in total. The summed E-state index contributed by atoms with van der Waals surface area (Å²) in [4.78, 5) is 17.2. The highest BCUT2D eigenvalue weighted by Crippen LogP contribution is 2.24. The molecule has 31 heavy (non-hydrogen) atoms. The van der Waals surface area contributed by atoms with Gasteiger partial charge in [-0.15, -0.1) is 10.2 Å². The molecule has 0 unspecified atom stereocenters. The fraction of sp³-hybridized carbons (Fsp3) is 0.292. The van der Waals surface area contributed by atoms with Crippen LogP contribution in [-0.4, -0.2) is 58.6 Å². The van der Waals surface area contributed by atoms with Crippen LogP contribution in [0.5, 0.6) is 0 Å². The number of carbonyl (C=O) groups excluding carboxylic acids is 1. The largest absolute Gasteiger partial charge is 0.336 e. The average Bonchev–Trinajstić information content (AvgIpc) is 2.83. The van der Waals surface area contributed by atoms with Gasteiger partial charge in [0.05, 0.1) is 5.69 Å². The molecule has 0 N–H and O–H groups in total. The Kier molecular flexibility index (Phi) is 6.94. The monoisotopic (exact) mass is 436 g/mol.